The minimum atomic E-state index is -0.134. The average molecular weight is 396 g/mol. The number of carbonyl (C=O) groups excluding carboxylic acids is 2. The molecule has 0 bridgehead atoms. The first kappa shape index (κ1) is 19.1. The Labute approximate surface area is 168 Å². The number of piperazine rings is 1. The number of aryl methyl sites for hydroxylation is 2. The van der Waals surface area contributed by atoms with Crippen molar-refractivity contribution in [3.63, 3.8) is 0 Å². The molecule has 0 saturated carbocycles. The molecule has 29 heavy (non-hydrogen) atoms. The lowest BCUT2D eigenvalue weighted by atomic mass is 10.2. The Bertz CT molecular complexity index is 1000. The molecule has 3 aromatic rings. The van der Waals surface area contributed by atoms with Gasteiger partial charge in [0.25, 0.3) is 0 Å². The van der Waals surface area contributed by atoms with Gasteiger partial charge in [0, 0.05) is 45.2 Å². The van der Waals surface area contributed by atoms with E-state index in [2.05, 4.69) is 15.5 Å². The Balaban J connectivity index is 1.21. The van der Waals surface area contributed by atoms with Crippen LogP contribution in [0.3, 0.4) is 0 Å². The van der Waals surface area contributed by atoms with E-state index in [9.17, 15) is 9.59 Å². The normalized spacial score (nSPS) is 15.0. The third-order valence-corrected chi connectivity index (χ3v) is 5.08. The Hall–Kier alpha value is -3.20. The molecule has 0 radical (unpaired) electrons. The van der Waals surface area contributed by atoms with Gasteiger partial charge in [0.1, 0.15) is 5.76 Å². The van der Waals surface area contributed by atoms with Gasteiger partial charge in [0.05, 0.1) is 23.9 Å². The van der Waals surface area contributed by atoms with Crippen LogP contribution >= 0.6 is 0 Å². The molecule has 152 valence electrons. The van der Waals surface area contributed by atoms with Gasteiger partial charge in [-0.25, -0.2) is 4.98 Å². The molecule has 1 fully saturated rings. The van der Waals surface area contributed by atoms with Crippen LogP contribution in [0, 0.1) is 6.92 Å². The van der Waals surface area contributed by atoms with Crippen LogP contribution in [0.2, 0.25) is 0 Å². The number of aromatic nitrogens is 3. The zero-order valence-corrected chi connectivity index (χ0v) is 16.4. The Morgan fingerprint density at radius 2 is 1.97 bits per heavy atom. The van der Waals surface area contributed by atoms with Crippen molar-refractivity contribution in [1.29, 1.82) is 0 Å². The Morgan fingerprint density at radius 3 is 2.72 bits per heavy atom. The van der Waals surface area contributed by atoms with Crippen LogP contribution in [0.4, 0.5) is 5.82 Å². The minimum Gasteiger partial charge on any atom is -0.360 e. The lowest BCUT2D eigenvalue weighted by molar-refractivity contribution is -0.133. The second-order valence-electron chi connectivity index (χ2n) is 7.20. The van der Waals surface area contributed by atoms with E-state index < -0.39 is 0 Å². The summed E-state index contributed by atoms with van der Waals surface area (Å²) in [6, 6.07) is 9.58. The monoisotopic (exact) mass is 396 g/mol. The highest BCUT2D eigenvalue weighted by molar-refractivity contribution is 5.91. The molecule has 1 saturated heterocycles. The molecule has 4 rings (SSSR count). The molecule has 1 N–H and O–H groups in total. The van der Waals surface area contributed by atoms with Crippen molar-refractivity contribution >= 4 is 28.7 Å². The van der Waals surface area contributed by atoms with E-state index in [0.29, 0.717) is 50.7 Å². The van der Waals surface area contributed by atoms with Crippen LogP contribution in [0.15, 0.2) is 41.2 Å². The number of para-hydroxylation sites is 2. The van der Waals surface area contributed by atoms with Gasteiger partial charge < -0.3 is 19.3 Å². The van der Waals surface area contributed by atoms with Crippen molar-refractivity contribution in [3.8, 4) is 0 Å². The molecule has 3 heterocycles. The third kappa shape index (κ3) is 4.62. The zero-order chi connectivity index (χ0) is 20.2. The van der Waals surface area contributed by atoms with Gasteiger partial charge >= 0.3 is 0 Å². The number of hydrogen-bond acceptors (Lipinski definition) is 6. The third-order valence-electron chi connectivity index (χ3n) is 5.08. The van der Waals surface area contributed by atoms with Crippen LogP contribution in [-0.4, -0.2) is 69.0 Å². The summed E-state index contributed by atoms with van der Waals surface area (Å²) >= 11 is 0. The highest BCUT2D eigenvalue weighted by atomic mass is 16.5. The number of anilines is 1. The SMILES string of the molecule is Cc1cc(NC(=O)CN2CCN(C(=O)CCn3cnc4ccccc43)CC2)no1. The summed E-state index contributed by atoms with van der Waals surface area (Å²) in [5.41, 5.74) is 1.98. The summed E-state index contributed by atoms with van der Waals surface area (Å²) in [6.45, 7) is 5.25. The van der Waals surface area contributed by atoms with E-state index in [-0.39, 0.29) is 18.4 Å². The Morgan fingerprint density at radius 1 is 1.17 bits per heavy atom. The second kappa shape index (κ2) is 8.44. The standard InChI is InChI=1S/C20H24N6O3/c1-15-12-18(23-29-15)22-19(27)13-24-8-10-25(11-9-24)20(28)6-7-26-14-21-16-4-2-3-5-17(16)26/h2-5,12,14H,6-11,13H2,1H3,(H,22,23,27). The molecule has 0 aliphatic carbocycles. The molecule has 0 atom stereocenters. The smallest absolute Gasteiger partial charge is 0.239 e. The molecule has 2 aromatic heterocycles. The first-order chi connectivity index (χ1) is 14.1. The van der Waals surface area contributed by atoms with Gasteiger partial charge in [-0.3, -0.25) is 14.5 Å². The summed E-state index contributed by atoms with van der Waals surface area (Å²) in [6.07, 6.45) is 2.22. The number of nitrogens with zero attached hydrogens (tertiary/aromatic N) is 5. The zero-order valence-electron chi connectivity index (χ0n) is 16.4. The first-order valence-corrected chi connectivity index (χ1v) is 9.71. The van der Waals surface area contributed by atoms with Crippen LogP contribution in [0.1, 0.15) is 12.2 Å². The molecule has 0 spiro atoms. The van der Waals surface area contributed by atoms with Gasteiger partial charge in [-0.2, -0.15) is 0 Å². The van der Waals surface area contributed by atoms with Crippen LogP contribution in [-0.2, 0) is 16.1 Å². The van der Waals surface area contributed by atoms with Crippen molar-refractivity contribution in [3.05, 3.63) is 42.4 Å². The number of imidazole rings is 1. The fraction of sp³-hybridized carbons (Fsp3) is 0.400. The van der Waals surface area contributed by atoms with Gasteiger partial charge in [-0.15, -0.1) is 0 Å². The van der Waals surface area contributed by atoms with Gasteiger partial charge in [-0.05, 0) is 19.1 Å². The van der Waals surface area contributed by atoms with E-state index in [0.717, 1.165) is 11.0 Å². The molecule has 0 unspecified atom stereocenters. The molecule has 2 amide bonds. The predicted octanol–water partition coefficient (Wildman–Crippen LogP) is 1.51. The van der Waals surface area contributed by atoms with Crippen molar-refractivity contribution in [2.24, 2.45) is 0 Å². The minimum absolute atomic E-state index is 0.130. The quantitative estimate of drug-likeness (QED) is 0.678. The average Bonchev–Trinajstić information content (AvgIpc) is 3.32. The van der Waals surface area contributed by atoms with Crippen molar-refractivity contribution in [2.75, 3.05) is 38.0 Å². The Kier molecular flexibility index (Phi) is 5.57. The number of carbonyl (C=O) groups is 2. The van der Waals surface area contributed by atoms with Gasteiger partial charge in [-0.1, -0.05) is 17.3 Å². The largest absolute Gasteiger partial charge is 0.360 e. The molecule has 9 nitrogen and oxygen atoms in total. The van der Waals surface area contributed by atoms with Gasteiger partial charge in [0.2, 0.25) is 11.8 Å². The fourth-order valence-corrected chi connectivity index (χ4v) is 3.53. The van der Waals surface area contributed by atoms with E-state index in [4.69, 9.17) is 4.52 Å². The molecular weight excluding hydrogens is 372 g/mol. The number of hydrogen-bond donors (Lipinski definition) is 1. The summed E-state index contributed by atoms with van der Waals surface area (Å²) < 4.78 is 6.95. The van der Waals surface area contributed by atoms with Crippen molar-refractivity contribution in [2.45, 2.75) is 19.9 Å². The van der Waals surface area contributed by atoms with Crippen molar-refractivity contribution in [1.82, 2.24) is 24.5 Å². The second-order valence-corrected chi connectivity index (χ2v) is 7.20. The summed E-state index contributed by atoms with van der Waals surface area (Å²) in [4.78, 5) is 33.0. The predicted molar refractivity (Wildman–Crippen MR) is 107 cm³/mol. The number of rotatable bonds is 6. The highest BCUT2D eigenvalue weighted by Gasteiger charge is 2.22. The fourth-order valence-electron chi connectivity index (χ4n) is 3.53. The maximum absolute atomic E-state index is 12.6. The van der Waals surface area contributed by atoms with Crippen LogP contribution in [0.25, 0.3) is 11.0 Å². The first-order valence-electron chi connectivity index (χ1n) is 9.71. The molecule has 1 aromatic carbocycles. The molecular formula is C20H24N6O3. The van der Waals surface area contributed by atoms with Gasteiger partial charge in [0.15, 0.2) is 5.82 Å². The lowest BCUT2D eigenvalue weighted by Gasteiger charge is -2.34. The lowest BCUT2D eigenvalue weighted by Crippen LogP contribution is -2.50. The van der Waals surface area contributed by atoms with Crippen LogP contribution in [0.5, 0.6) is 0 Å². The molecule has 1 aliphatic rings. The van der Waals surface area contributed by atoms with E-state index >= 15 is 0 Å². The van der Waals surface area contributed by atoms with E-state index in [1.807, 2.05) is 38.6 Å². The number of benzene rings is 1. The maximum Gasteiger partial charge on any atom is 0.239 e. The van der Waals surface area contributed by atoms with Crippen LogP contribution < -0.4 is 5.32 Å². The highest BCUT2D eigenvalue weighted by Crippen LogP contribution is 2.13. The number of fused-ring (bicyclic) bond motifs is 1. The number of nitrogens with one attached hydrogen (secondary N) is 1. The number of amides is 2. The maximum atomic E-state index is 12.6. The van der Waals surface area contributed by atoms with Crippen molar-refractivity contribution < 1.29 is 14.1 Å². The molecule has 9 heteroatoms. The summed E-state index contributed by atoms with van der Waals surface area (Å²) in [7, 11) is 0. The molecule has 1 aliphatic heterocycles. The summed E-state index contributed by atoms with van der Waals surface area (Å²) in [5.74, 6) is 1.07. The van der Waals surface area contributed by atoms with E-state index in [1.54, 1.807) is 19.3 Å². The summed E-state index contributed by atoms with van der Waals surface area (Å²) in [5, 5.41) is 6.48. The topological polar surface area (TPSA) is 96.5 Å². The van der Waals surface area contributed by atoms with E-state index in [1.165, 1.54) is 0 Å².